The molecule has 1 fully saturated rings. The highest BCUT2D eigenvalue weighted by Gasteiger charge is 2.31. The number of carbonyl (C=O) groups is 2. The number of nitrogens with zero attached hydrogens (tertiary/aromatic N) is 3. The number of anilines is 1. The molecule has 1 aliphatic rings. The minimum atomic E-state index is -4.61. The second-order valence-corrected chi connectivity index (χ2v) is 7.92. The Balaban J connectivity index is 1.76. The Morgan fingerprint density at radius 1 is 1.21 bits per heavy atom. The van der Waals surface area contributed by atoms with E-state index in [4.69, 9.17) is 4.74 Å². The fraction of sp³-hybridized carbons (Fsp3) is 0.318. The van der Waals surface area contributed by atoms with Crippen LogP contribution in [0, 0.1) is 0 Å². The Bertz CT molecular complexity index is 1440. The van der Waals surface area contributed by atoms with Crippen molar-refractivity contribution in [1.29, 1.82) is 0 Å². The molecule has 0 bridgehead atoms. The van der Waals surface area contributed by atoms with E-state index >= 15 is 0 Å². The van der Waals surface area contributed by atoms with Crippen LogP contribution < -0.4 is 16.6 Å². The van der Waals surface area contributed by atoms with Crippen molar-refractivity contribution in [3.63, 3.8) is 0 Å². The van der Waals surface area contributed by atoms with Crippen molar-refractivity contribution in [2.45, 2.75) is 31.5 Å². The standard InChI is InChI=1S/C22H19F3N4O5/c1-28-18-17(14(20(32)34-2)9-15(27-18)11-6-7-11)19(31)29(21(28)33)10-16(30)26-13-5-3-4-12(8-13)22(23,24)25/h3-5,8-9,11H,6-7,10H2,1-2H3,(H,26,30). The van der Waals surface area contributed by atoms with Crippen molar-refractivity contribution in [3.05, 3.63) is 68.0 Å². The minimum Gasteiger partial charge on any atom is -0.465 e. The van der Waals surface area contributed by atoms with Gasteiger partial charge in [-0.3, -0.25) is 18.7 Å². The van der Waals surface area contributed by atoms with E-state index in [0.29, 0.717) is 10.3 Å². The normalized spacial score (nSPS) is 13.7. The number of alkyl halides is 3. The van der Waals surface area contributed by atoms with Crippen LogP contribution in [0.1, 0.15) is 40.4 Å². The number of carbonyl (C=O) groups excluding carboxylic acids is 2. The van der Waals surface area contributed by atoms with Crippen molar-refractivity contribution in [1.82, 2.24) is 14.1 Å². The maximum Gasteiger partial charge on any atom is 0.416 e. The summed E-state index contributed by atoms with van der Waals surface area (Å²) in [5.74, 6) is -1.59. The zero-order valence-corrected chi connectivity index (χ0v) is 18.1. The van der Waals surface area contributed by atoms with E-state index in [1.807, 2.05) is 0 Å². The summed E-state index contributed by atoms with van der Waals surface area (Å²) in [4.78, 5) is 55.4. The third-order valence-electron chi connectivity index (χ3n) is 5.49. The summed E-state index contributed by atoms with van der Waals surface area (Å²) in [5.41, 5.74) is -2.47. The van der Waals surface area contributed by atoms with Crippen molar-refractivity contribution >= 4 is 28.6 Å². The van der Waals surface area contributed by atoms with Crippen LogP contribution in [0.15, 0.2) is 39.9 Å². The molecular weight excluding hydrogens is 457 g/mol. The van der Waals surface area contributed by atoms with Gasteiger partial charge in [-0.1, -0.05) is 6.07 Å². The SMILES string of the molecule is COC(=O)c1cc(C2CC2)nc2c1c(=O)n(CC(=O)Nc1cccc(C(F)(F)F)c1)c(=O)n2C. The van der Waals surface area contributed by atoms with Crippen LogP contribution in [0.4, 0.5) is 18.9 Å². The van der Waals surface area contributed by atoms with E-state index in [0.717, 1.165) is 42.7 Å². The first-order chi connectivity index (χ1) is 16.0. The summed E-state index contributed by atoms with van der Waals surface area (Å²) in [5, 5.41) is 2.06. The van der Waals surface area contributed by atoms with Crippen molar-refractivity contribution < 1.29 is 27.5 Å². The van der Waals surface area contributed by atoms with E-state index in [1.54, 1.807) is 0 Å². The van der Waals surface area contributed by atoms with Gasteiger partial charge in [0.05, 0.1) is 23.6 Å². The molecule has 0 aliphatic heterocycles. The van der Waals surface area contributed by atoms with E-state index in [2.05, 4.69) is 10.3 Å². The fourth-order valence-corrected chi connectivity index (χ4v) is 3.61. The molecule has 12 heteroatoms. The number of benzene rings is 1. The van der Waals surface area contributed by atoms with Crippen LogP contribution in [-0.2, 0) is 29.3 Å². The lowest BCUT2D eigenvalue weighted by atomic mass is 10.1. The van der Waals surface area contributed by atoms with Gasteiger partial charge >= 0.3 is 17.8 Å². The topological polar surface area (TPSA) is 112 Å². The summed E-state index contributed by atoms with van der Waals surface area (Å²) >= 11 is 0. The molecule has 1 N–H and O–H groups in total. The van der Waals surface area contributed by atoms with Gasteiger partial charge in [0.1, 0.15) is 12.2 Å². The molecule has 1 saturated carbocycles. The smallest absolute Gasteiger partial charge is 0.416 e. The molecule has 1 amide bonds. The summed E-state index contributed by atoms with van der Waals surface area (Å²) in [6, 6.07) is 5.39. The highest BCUT2D eigenvalue weighted by atomic mass is 19.4. The highest BCUT2D eigenvalue weighted by molar-refractivity contribution is 6.02. The summed E-state index contributed by atoms with van der Waals surface area (Å²) in [6.07, 6.45) is -2.89. The highest BCUT2D eigenvalue weighted by Crippen LogP contribution is 2.40. The average molecular weight is 476 g/mol. The molecule has 9 nitrogen and oxygen atoms in total. The first-order valence-corrected chi connectivity index (χ1v) is 10.2. The molecule has 2 heterocycles. The zero-order chi connectivity index (χ0) is 24.8. The predicted molar refractivity (Wildman–Crippen MR) is 115 cm³/mol. The van der Waals surface area contributed by atoms with Crippen molar-refractivity contribution in [2.24, 2.45) is 7.05 Å². The van der Waals surface area contributed by atoms with Gasteiger partial charge in [0.2, 0.25) is 5.91 Å². The maximum atomic E-state index is 13.2. The third kappa shape index (κ3) is 4.30. The number of amides is 1. The molecule has 0 spiro atoms. The number of ether oxygens (including phenoxy) is 1. The molecule has 0 radical (unpaired) electrons. The van der Waals surface area contributed by atoms with Crippen LogP contribution in [0.2, 0.25) is 0 Å². The van der Waals surface area contributed by atoms with Crippen molar-refractivity contribution in [2.75, 3.05) is 12.4 Å². The molecule has 34 heavy (non-hydrogen) atoms. The number of esters is 1. The predicted octanol–water partition coefficient (Wildman–Crippen LogP) is 2.42. The third-order valence-corrected chi connectivity index (χ3v) is 5.49. The lowest BCUT2D eigenvalue weighted by Gasteiger charge is -2.14. The minimum absolute atomic E-state index is 0.0191. The maximum absolute atomic E-state index is 13.2. The fourth-order valence-electron chi connectivity index (χ4n) is 3.61. The number of nitrogens with one attached hydrogen (secondary N) is 1. The molecule has 0 unspecified atom stereocenters. The first-order valence-electron chi connectivity index (χ1n) is 10.2. The van der Waals surface area contributed by atoms with Gasteiger partial charge in [-0.15, -0.1) is 0 Å². The van der Waals surface area contributed by atoms with Gasteiger partial charge in [0, 0.05) is 24.3 Å². The Hall–Kier alpha value is -3.96. The van der Waals surface area contributed by atoms with Gasteiger partial charge in [-0.2, -0.15) is 13.2 Å². The van der Waals surface area contributed by atoms with E-state index in [-0.39, 0.29) is 28.2 Å². The number of aryl methyl sites for hydroxylation is 1. The summed E-state index contributed by atoms with van der Waals surface area (Å²) in [7, 11) is 2.49. The number of rotatable bonds is 5. The number of fused-ring (bicyclic) bond motifs is 1. The van der Waals surface area contributed by atoms with Crippen molar-refractivity contribution in [3.8, 4) is 0 Å². The second kappa shape index (κ2) is 8.43. The second-order valence-electron chi connectivity index (χ2n) is 7.92. The van der Waals surface area contributed by atoms with E-state index in [1.165, 1.54) is 19.2 Å². The summed E-state index contributed by atoms with van der Waals surface area (Å²) < 4.78 is 45.2. The van der Waals surface area contributed by atoms with Crippen LogP contribution in [-0.4, -0.2) is 33.1 Å². The number of hydrogen-bond acceptors (Lipinski definition) is 6. The lowest BCUT2D eigenvalue weighted by Crippen LogP contribution is -2.42. The Morgan fingerprint density at radius 2 is 1.91 bits per heavy atom. The zero-order valence-electron chi connectivity index (χ0n) is 18.1. The number of aromatic nitrogens is 3. The summed E-state index contributed by atoms with van der Waals surface area (Å²) in [6.45, 7) is -0.789. The molecule has 178 valence electrons. The van der Waals surface area contributed by atoms with Crippen LogP contribution >= 0.6 is 0 Å². The van der Waals surface area contributed by atoms with Crippen LogP contribution in [0.3, 0.4) is 0 Å². The van der Waals surface area contributed by atoms with Gasteiger partial charge in [-0.05, 0) is 37.1 Å². The molecular formula is C22H19F3N4O5. The monoisotopic (exact) mass is 476 g/mol. The molecule has 3 aromatic rings. The van der Waals surface area contributed by atoms with Gasteiger partial charge < -0.3 is 10.1 Å². The Labute approximate surface area is 189 Å². The molecule has 1 aromatic carbocycles. The van der Waals surface area contributed by atoms with Gasteiger partial charge in [0.25, 0.3) is 5.56 Å². The van der Waals surface area contributed by atoms with Crippen LogP contribution in [0.25, 0.3) is 11.0 Å². The largest absolute Gasteiger partial charge is 0.465 e. The quantitative estimate of drug-likeness (QED) is 0.566. The van der Waals surface area contributed by atoms with Gasteiger partial charge in [0.15, 0.2) is 0 Å². The molecule has 0 atom stereocenters. The van der Waals surface area contributed by atoms with E-state index in [9.17, 15) is 32.3 Å². The number of halogens is 3. The lowest BCUT2D eigenvalue weighted by molar-refractivity contribution is -0.137. The number of hydrogen-bond donors (Lipinski definition) is 1. The molecule has 0 saturated heterocycles. The molecule has 4 rings (SSSR count). The first kappa shape index (κ1) is 23.2. The van der Waals surface area contributed by atoms with Crippen LogP contribution in [0.5, 0.6) is 0 Å². The molecule has 1 aliphatic carbocycles. The average Bonchev–Trinajstić information content (AvgIpc) is 3.64. The van der Waals surface area contributed by atoms with E-state index < -0.39 is 41.4 Å². The van der Waals surface area contributed by atoms with Gasteiger partial charge in [-0.25, -0.2) is 14.6 Å². The Morgan fingerprint density at radius 3 is 2.53 bits per heavy atom. The Kier molecular flexibility index (Phi) is 5.75. The molecule has 2 aromatic heterocycles. The number of methoxy groups -OCH3 is 1. The number of pyridine rings is 1.